The van der Waals surface area contributed by atoms with Crippen LogP contribution >= 0.6 is 12.4 Å². The molecule has 0 spiro atoms. The summed E-state index contributed by atoms with van der Waals surface area (Å²) in [5.41, 5.74) is -0.783. The lowest BCUT2D eigenvalue weighted by molar-refractivity contribution is -0.144. The van der Waals surface area contributed by atoms with E-state index in [4.69, 9.17) is 0 Å². The van der Waals surface area contributed by atoms with Crippen LogP contribution in [0.1, 0.15) is 45.4 Å². The quantitative estimate of drug-likeness (QED) is 0.638. The summed E-state index contributed by atoms with van der Waals surface area (Å²) in [6.07, 6.45) is 5.11. The first kappa shape index (κ1) is 21.8. The fraction of sp³-hybridized carbons (Fsp3) is 0.833. The maximum Gasteiger partial charge on any atom is 0.315 e. The molecule has 0 bridgehead atoms. The van der Waals surface area contributed by atoms with E-state index >= 15 is 0 Å². The fourth-order valence-electron chi connectivity index (χ4n) is 4.50. The SMILES string of the molecule is CCNC(=O)NC1(C(=O)N2CCCC(N3CCNCC3=O)C2)CCCC1.Cl. The molecule has 1 aliphatic carbocycles. The normalized spacial score (nSPS) is 24.9. The Morgan fingerprint density at radius 1 is 1.22 bits per heavy atom. The van der Waals surface area contributed by atoms with Crippen LogP contribution in [0.5, 0.6) is 0 Å². The molecular weight excluding hydrogens is 370 g/mol. The average molecular weight is 402 g/mol. The number of urea groups is 1. The van der Waals surface area contributed by atoms with Gasteiger partial charge in [-0.1, -0.05) is 12.8 Å². The Morgan fingerprint density at radius 2 is 1.96 bits per heavy atom. The number of hydrogen-bond donors (Lipinski definition) is 3. The van der Waals surface area contributed by atoms with Crippen molar-refractivity contribution in [1.29, 1.82) is 0 Å². The molecule has 0 aromatic carbocycles. The van der Waals surface area contributed by atoms with Crippen molar-refractivity contribution < 1.29 is 14.4 Å². The number of amides is 4. The number of piperazine rings is 1. The number of rotatable bonds is 4. The summed E-state index contributed by atoms with van der Waals surface area (Å²) in [7, 11) is 0. The smallest absolute Gasteiger partial charge is 0.315 e. The summed E-state index contributed by atoms with van der Waals surface area (Å²) >= 11 is 0. The van der Waals surface area contributed by atoms with Crippen LogP contribution in [0.25, 0.3) is 0 Å². The second-order valence-corrected chi connectivity index (χ2v) is 7.58. The number of hydrogen-bond acceptors (Lipinski definition) is 4. The molecule has 8 nitrogen and oxygen atoms in total. The first-order chi connectivity index (χ1) is 12.6. The number of nitrogens with zero attached hydrogens (tertiary/aromatic N) is 2. The Morgan fingerprint density at radius 3 is 2.63 bits per heavy atom. The van der Waals surface area contributed by atoms with Gasteiger partial charge in [0.25, 0.3) is 0 Å². The van der Waals surface area contributed by atoms with E-state index in [1.54, 1.807) is 0 Å². The van der Waals surface area contributed by atoms with Gasteiger partial charge < -0.3 is 25.8 Å². The van der Waals surface area contributed by atoms with Gasteiger partial charge in [-0.15, -0.1) is 12.4 Å². The Hall–Kier alpha value is -1.54. The summed E-state index contributed by atoms with van der Waals surface area (Å²) in [5, 5.41) is 8.80. The molecule has 1 unspecified atom stereocenters. The van der Waals surface area contributed by atoms with Crippen molar-refractivity contribution in [1.82, 2.24) is 25.8 Å². The molecule has 3 N–H and O–H groups in total. The number of carbonyl (C=O) groups excluding carboxylic acids is 3. The predicted octanol–water partition coefficient (Wildman–Crippen LogP) is 0.463. The van der Waals surface area contributed by atoms with Crippen LogP contribution in [-0.2, 0) is 9.59 Å². The van der Waals surface area contributed by atoms with Gasteiger partial charge in [0.2, 0.25) is 11.8 Å². The zero-order valence-electron chi connectivity index (χ0n) is 16.1. The summed E-state index contributed by atoms with van der Waals surface area (Å²) in [6, 6.07) is -0.182. The highest BCUT2D eigenvalue weighted by Crippen LogP contribution is 2.33. The molecule has 2 saturated heterocycles. The van der Waals surface area contributed by atoms with E-state index in [-0.39, 0.29) is 36.3 Å². The lowest BCUT2D eigenvalue weighted by atomic mass is 9.93. The number of nitrogens with one attached hydrogen (secondary N) is 3. The molecule has 1 saturated carbocycles. The van der Waals surface area contributed by atoms with Crippen LogP contribution in [0.2, 0.25) is 0 Å². The van der Waals surface area contributed by atoms with Crippen molar-refractivity contribution in [3.8, 4) is 0 Å². The molecule has 1 atom stereocenters. The molecule has 0 radical (unpaired) electrons. The van der Waals surface area contributed by atoms with Gasteiger partial charge in [0, 0.05) is 38.8 Å². The third-order valence-corrected chi connectivity index (χ3v) is 5.81. The minimum atomic E-state index is -0.783. The van der Waals surface area contributed by atoms with Crippen LogP contribution in [-0.4, -0.2) is 78.5 Å². The van der Waals surface area contributed by atoms with Crippen molar-refractivity contribution >= 4 is 30.3 Å². The van der Waals surface area contributed by atoms with Crippen molar-refractivity contribution in [3.63, 3.8) is 0 Å². The second kappa shape index (κ2) is 9.59. The standard InChI is InChI=1S/C18H31N5O3.ClH/c1-2-20-17(26)21-18(7-3-4-8-18)16(25)22-10-5-6-14(13-22)23-11-9-19-12-15(23)24;/h14,19H,2-13H2,1H3,(H2,20,21,26);1H. The molecule has 0 aromatic heterocycles. The van der Waals surface area contributed by atoms with E-state index in [0.29, 0.717) is 45.6 Å². The van der Waals surface area contributed by atoms with Crippen LogP contribution < -0.4 is 16.0 Å². The van der Waals surface area contributed by atoms with E-state index < -0.39 is 5.54 Å². The van der Waals surface area contributed by atoms with Crippen LogP contribution in [0.4, 0.5) is 4.79 Å². The van der Waals surface area contributed by atoms with Crippen molar-refractivity contribution in [2.45, 2.75) is 57.0 Å². The Labute approximate surface area is 167 Å². The predicted molar refractivity (Wildman–Crippen MR) is 105 cm³/mol. The number of halogens is 1. The molecule has 9 heteroatoms. The monoisotopic (exact) mass is 401 g/mol. The molecule has 0 aromatic rings. The summed E-state index contributed by atoms with van der Waals surface area (Å²) < 4.78 is 0. The molecule has 2 heterocycles. The maximum absolute atomic E-state index is 13.3. The minimum absolute atomic E-state index is 0. The largest absolute Gasteiger partial charge is 0.339 e. The summed E-state index contributed by atoms with van der Waals surface area (Å²) in [6.45, 7) is 5.56. The van der Waals surface area contributed by atoms with Gasteiger partial charge in [-0.05, 0) is 32.6 Å². The van der Waals surface area contributed by atoms with Gasteiger partial charge in [0.15, 0.2) is 0 Å². The van der Waals surface area contributed by atoms with Crippen molar-refractivity contribution in [3.05, 3.63) is 0 Å². The highest BCUT2D eigenvalue weighted by molar-refractivity contribution is 5.91. The highest BCUT2D eigenvalue weighted by atomic mass is 35.5. The topological polar surface area (TPSA) is 93.8 Å². The van der Waals surface area contributed by atoms with Crippen molar-refractivity contribution in [2.75, 3.05) is 39.3 Å². The lowest BCUT2D eigenvalue weighted by Gasteiger charge is -2.43. The summed E-state index contributed by atoms with van der Waals surface area (Å²) in [4.78, 5) is 41.4. The number of likely N-dealkylation sites (tertiary alicyclic amines) is 1. The molecule has 4 amide bonds. The Balaban J connectivity index is 0.00000261. The van der Waals surface area contributed by atoms with Crippen LogP contribution in [0.15, 0.2) is 0 Å². The molecule has 2 aliphatic heterocycles. The molecule has 3 rings (SSSR count). The Bertz CT molecular complexity index is 553. The van der Waals surface area contributed by atoms with Gasteiger partial charge >= 0.3 is 6.03 Å². The molecule has 3 aliphatic rings. The van der Waals surface area contributed by atoms with E-state index in [2.05, 4.69) is 16.0 Å². The van der Waals surface area contributed by atoms with Gasteiger partial charge in [0.05, 0.1) is 6.54 Å². The van der Waals surface area contributed by atoms with Gasteiger partial charge in [-0.2, -0.15) is 0 Å². The number of piperidine rings is 1. The van der Waals surface area contributed by atoms with E-state index in [9.17, 15) is 14.4 Å². The van der Waals surface area contributed by atoms with E-state index in [1.165, 1.54) is 0 Å². The fourth-order valence-corrected chi connectivity index (χ4v) is 4.50. The second-order valence-electron chi connectivity index (χ2n) is 7.58. The van der Waals surface area contributed by atoms with Gasteiger partial charge in [-0.3, -0.25) is 9.59 Å². The lowest BCUT2D eigenvalue weighted by Crippen LogP contribution is -2.63. The van der Waals surface area contributed by atoms with E-state index in [1.807, 2.05) is 16.7 Å². The zero-order chi connectivity index (χ0) is 18.6. The highest BCUT2D eigenvalue weighted by Gasteiger charge is 2.46. The Kier molecular flexibility index (Phi) is 7.73. The van der Waals surface area contributed by atoms with Gasteiger partial charge in [0.1, 0.15) is 5.54 Å². The average Bonchev–Trinajstić information content (AvgIpc) is 3.11. The zero-order valence-corrected chi connectivity index (χ0v) is 16.9. The molecular formula is C18H32ClN5O3. The van der Waals surface area contributed by atoms with Crippen LogP contribution in [0.3, 0.4) is 0 Å². The maximum atomic E-state index is 13.3. The molecule has 154 valence electrons. The molecule has 27 heavy (non-hydrogen) atoms. The third kappa shape index (κ3) is 4.85. The third-order valence-electron chi connectivity index (χ3n) is 5.81. The molecule has 3 fully saturated rings. The van der Waals surface area contributed by atoms with Crippen LogP contribution in [0, 0.1) is 0 Å². The minimum Gasteiger partial charge on any atom is -0.339 e. The first-order valence-electron chi connectivity index (χ1n) is 9.91. The number of carbonyl (C=O) groups is 3. The van der Waals surface area contributed by atoms with Crippen molar-refractivity contribution in [2.24, 2.45) is 0 Å². The first-order valence-corrected chi connectivity index (χ1v) is 9.91. The van der Waals surface area contributed by atoms with Gasteiger partial charge in [-0.25, -0.2) is 4.79 Å². The van der Waals surface area contributed by atoms with E-state index in [0.717, 1.165) is 32.2 Å². The summed E-state index contributed by atoms with van der Waals surface area (Å²) in [5.74, 6) is 0.139.